The van der Waals surface area contributed by atoms with E-state index in [1.807, 2.05) is 17.7 Å². The summed E-state index contributed by atoms with van der Waals surface area (Å²) in [6.45, 7) is 2.71. The number of hydrogen-bond donors (Lipinski definition) is 1. The second kappa shape index (κ2) is 7.03. The zero-order chi connectivity index (χ0) is 16.1. The van der Waals surface area contributed by atoms with Crippen LogP contribution in [0.2, 0.25) is 0 Å². The van der Waals surface area contributed by atoms with Crippen LogP contribution in [-0.4, -0.2) is 26.1 Å². The van der Waals surface area contributed by atoms with E-state index in [9.17, 15) is 19.3 Å². The molecule has 1 aromatic carbocycles. The lowest BCUT2D eigenvalue weighted by Crippen LogP contribution is -2.14. The van der Waals surface area contributed by atoms with E-state index in [-0.39, 0.29) is 17.3 Å². The lowest BCUT2D eigenvalue weighted by Gasteiger charge is -2.06. The molecule has 116 valence electrons. The van der Waals surface area contributed by atoms with Crippen molar-refractivity contribution in [2.24, 2.45) is 0 Å². The summed E-state index contributed by atoms with van der Waals surface area (Å²) in [5.74, 6) is -1.19. The molecular weight excluding hydrogens is 311 g/mol. The van der Waals surface area contributed by atoms with Gasteiger partial charge < -0.3 is 9.88 Å². The SMILES string of the molecule is CCn1ccnc1SCC(=O)Nc1ccc(F)c([N+](=O)[O-])c1. The van der Waals surface area contributed by atoms with Crippen LogP contribution in [0.1, 0.15) is 6.92 Å². The number of halogens is 1. The number of rotatable bonds is 6. The number of aromatic nitrogens is 2. The number of carbonyl (C=O) groups excluding carboxylic acids is 1. The molecule has 2 aromatic rings. The number of aryl methyl sites for hydroxylation is 1. The number of nitro groups is 1. The molecule has 0 atom stereocenters. The van der Waals surface area contributed by atoms with E-state index < -0.39 is 16.4 Å². The minimum absolute atomic E-state index is 0.0994. The number of carbonyl (C=O) groups is 1. The molecule has 0 aliphatic heterocycles. The third-order valence-corrected chi connectivity index (χ3v) is 3.78. The Labute approximate surface area is 129 Å². The van der Waals surface area contributed by atoms with Crippen molar-refractivity contribution in [1.29, 1.82) is 0 Å². The van der Waals surface area contributed by atoms with E-state index in [2.05, 4.69) is 10.3 Å². The Balaban J connectivity index is 1.97. The van der Waals surface area contributed by atoms with Crippen molar-refractivity contribution < 1.29 is 14.1 Å². The van der Waals surface area contributed by atoms with E-state index >= 15 is 0 Å². The van der Waals surface area contributed by atoms with Crippen LogP contribution in [0.15, 0.2) is 35.7 Å². The van der Waals surface area contributed by atoms with Crippen molar-refractivity contribution in [2.75, 3.05) is 11.1 Å². The summed E-state index contributed by atoms with van der Waals surface area (Å²) in [4.78, 5) is 25.8. The van der Waals surface area contributed by atoms with Crippen molar-refractivity contribution in [3.8, 4) is 0 Å². The fourth-order valence-electron chi connectivity index (χ4n) is 1.73. The molecule has 1 N–H and O–H groups in total. The van der Waals surface area contributed by atoms with Crippen LogP contribution in [0.3, 0.4) is 0 Å². The number of imidazole rings is 1. The summed E-state index contributed by atoms with van der Waals surface area (Å²) in [5, 5.41) is 13.9. The maximum atomic E-state index is 13.2. The van der Waals surface area contributed by atoms with Crippen LogP contribution < -0.4 is 5.32 Å². The number of anilines is 1. The minimum Gasteiger partial charge on any atom is -0.326 e. The molecule has 22 heavy (non-hydrogen) atoms. The number of benzene rings is 1. The van der Waals surface area contributed by atoms with Gasteiger partial charge in [-0.1, -0.05) is 11.8 Å². The van der Waals surface area contributed by atoms with Crippen LogP contribution in [0.5, 0.6) is 0 Å². The average molecular weight is 324 g/mol. The van der Waals surface area contributed by atoms with Gasteiger partial charge in [-0.15, -0.1) is 0 Å². The van der Waals surface area contributed by atoms with Crippen LogP contribution in [0.4, 0.5) is 15.8 Å². The first-order valence-corrected chi connectivity index (χ1v) is 7.37. The summed E-state index contributed by atoms with van der Waals surface area (Å²) in [6.07, 6.45) is 3.46. The van der Waals surface area contributed by atoms with E-state index in [0.717, 1.165) is 18.7 Å². The molecule has 9 heteroatoms. The highest BCUT2D eigenvalue weighted by molar-refractivity contribution is 7.99. The molecule has 0 saturated heterocycles. The first kappa shape index (κ1) is 16.0. The Morgan fingerprint density at radius 3 is 3.00 bits per heavy atom. The van der Waals surface area contributed by atoms with Crippen molar-refractivity contribution in [2.45, 2.75) is 18.6 Å². The van der Waals surface area contributed by atoms with E-state index in [1.165, 1.54) is 17.8 Å². The van der Waals surface area contributed by atoms with Crippen LogP contribution in [0.25, 0.3) is 0 Å². The first-order valence-electron chi connectivity index (χ1n) is 6.39. The van der Waals surface area contributed by atoms with Crippen molar-refractivity contribution >= 4 is 29.0 Å². The number of nitrogens with zero attached hydrogens (tertiary/aromatic N) is 3. The van der Waals surface area contributed by atoms with Gasteiger partial charge in [0, 0.05) is 30.7 Å². The van der Waals surface area contributed by atoms with Crippen LogP contribution in [-0.2, 0) is 11.3 Å². The molecule has 0 saturated carbocycles. The maximum Gasteiger partial charge on any atom is 0.306 e. The number of nitro benzene ring substituents is 1. The molecule has 0 bridgehead atoms. The second-order valence-corrected chi connectivity index (χ2v) is 5.20. The van der Waals surface area contributed by atoms with E-state index in [4.69, 9.17) is 0 Å². The highest BCUT2D eigenvalue weighted by Crippen LogP contribution is 2.22. The maximum absolute atomic E-state index is 13.2. The lowest BCUT2D eigenvalue weighted by molar-refractivity contribution is -0.387. The Morgan fingerprint density at radius 2 is 2.32 bits per heavy atom. The molecule has 1 aromatic heterocycles. The normalized spacial score (nSPS) is 10.5. The molecular formula is C13H13FN4O3S. The number of hydrogen-bond acceptors (Lipinski definition) is 5. The fourth-order valence-corrected chi connectivity index (χ4v) is 2.56. The van der Waals surface area contributed by atoms with Gasteiger partial charge in [-0.05, 0) is 19.1 Å². The topological polar surface area (TPSA) is 90.1 Å². The minimum atomic E-state index is -0.942. The molecule has 7 nitrogen and oxygen atoms in total. The third-order valence-electron chi connectivity index (χ3n) is 2.78. The molecule has 0 radical (unpaired) electrons. The molecule has 0 aliphatic rings. The Hall–Kier alpha value is -2.42. The summed E-state index contributed by atoms with van der Waals surface area (Å²) in [7, 11) is 0. The molecule has 0 aliphatic carbocycles. The standard InChI is InChI=1S/C13H13FN4O3S/c1-2-17-6-5-15-13(17)22-8-12(19)16-9-3-4-10(14)11(7-9)18(20)21/h3-7H,2,8H2,1H3,(H,16,19). The Kier molecular flexibility index (Phi) is 5.10. The largest absolute Gasteiger partial charge is 0.326 e. The van der Waals surface area contributed by atoms with Crippen LogP contribution in [0, 0.1) is 15.9 Å². The third kappa shape index (κ3) is 3.82. The fraction of sp³-hybridized carbons (Fsp3) is 0.231. The summed E-state index contributed by atoms with van der Waals surface area (Å²) >= 11 is 1.25. The molecule has 0 spiro atoms. The number of thioether (sulfide) groups is 1. The molecule has 2 rings (SSSR count). The van der Waals surface area contributed by atoms with Gasteiger partial charge in [0.15, 0.2) is 5.16 Å². The predicted octanol–water partition coefficient (Wildman–Crippen LogP) is 2.68. The van der Waals surface area contributed by atoms with Gasteiger partial charge in [0.05, 0.1) is 10.7 Å². The second-order valence-electron chi connectivity index (χ2n) is 4.26. The molecule has 0 unspecified atom stereocenters. The van der Waals surface area contributed by atoms with Gasteiger partial charge in [-0.2, -0.15) is 4.39 Å². The van der Waals surface area contributed by atoms with Gasteiger partial charge in [0.1, 0.15) is 0 Å². The average Bonchev–Trinajstić information content (AvgIpc) is 2.94. The van der Waals surface area contributed by atoms with E-state index in [1.54, 1.807) is 6.20 Å². The van der Waals surface area contributed by atoms with Gasteiger partial charge in [-0.25, -0.2) is 4.98 Å². The first-order chi connectivity index (χ1) is 10.5. The highest BCUT2D eigenvalue weighted by atomic mass is 32.2. The molecule has 1 amide bonds. The molecule has 1 heterocycles. The summed E-state index contributed by atoms with van der Waals surface area (Å²) in [6, 6.07) is 3.22. The predicted molar refractivity (Wildman–Crippen MR) is 80.3 cm³/mol. The van der Waals surface area contributed by atoms with Gasteiger partial charge in [0.2, 0.25) is 11.7 Å². The monoisotopic (exact) mass is 324 g/mol. The van der Waals surface area contributed by atoms with Crippen molar-refractivity contribution in [1.82, 2.24) is 9.55 Å². The van der Waals surface area contributed by atoms with Crippen LogP contribution >= 0.6 is 11.8 Å². The highest BCUT2D eigenvalue weighted by Gasteiger charge is 2.15. The zero-order valence-electron chi connectivity index (χ0n) is 11.7. The van der Waals surface area contributed by atoms with Gasteiger partial charge in [0.25, 0.3) is 0 Å². The van der Waals surface area contributed by atoms with Crippen molar-refractivity contribution in [3.05, 3.63) is 46.5 Å². The quantitative estimate of drug-likeness (QED) is 0.501. The summed E-state index contributed by atoms with van der Waals surface area (Å²) < 4.78 is 15.1. The smallest absolute Gasteiger partial charge is 0.306 e. The van der Waals surface area contributed by atoms with Gasteiger partial charge >= 0.3 is 5.69 Å². The zero-order valence-corrected chi connectivity index (χ0v) is 12.5. The molecule has 0 fully saturated rings. The number of nitrogens with one attached hydrogen (secondary N) is 1. The summed E-state index contributed by atoms with van der Waals surface area (Å²) in [5.41, 5.74) is -0.496. The van der Waals surface area contributed by atoms with E-state index in [0.29, 0.717) is 5.16 Å². The number of amides is 1. The van der Waals surface area contributed by atoms with Gasteiger partial charge in [-0.3, -0.25) is 14.9 Å². The Bertz CT molecular complexity index is 704. The Morgan fingerprint density at radius 1 is 1.55 bits per heavy atom. The lowest BCUT2D eigenvalue weighted by atomic mass is 10.2. The van der Waals surface area contributed by atoms with Crippen molar-refractivity contribution in [3.63, 3.8) is 0 Å².